The molecule has 0 aliphatic rings. The summed E-state index contributed by atoms with van der Waals surface area (Å²) in [7, 11) is 0. The first-order valence-corrected chi connectivity index (χ1v) is 6.92. The fourth-order valence-corrected chi connectivity index (χ4v) is 1.85. The molecule has 3 nitrogen and oxygen atoms in total. The van der Waals surface area contributed by atoms with Gasteiger partial charge in [0.1, 0.15) is 5.75 Å². The maximum Gasteiger partial charge on any atom is 0.119 e. The molecular weight excluding hydrogens is 224 g/mol. The van der Waals surface area contributed by atoms with Gasteiger partial charge in [-0.25, -0.2) is 0 Å². The van der Waals surface area contributed by atoms with Crippen molar-refractivity contribution >= 4 is 0 Å². The molecule has 1 atom stereocenters. The van der Waals surface area contributed by atoms with Crippen LogP contribution in [0, 0.1) is 0 Å². The predicted molar refractivity (Wildman–Crippen MR) is 76.7 cm³/mol. The minimum absolute atomic E-state index is 0.0600. The van der Waals surface area contributed by atoms with Crippen LogP contribution >= 0.6 is 0 Å². The summed E-state index contributed by atoms with van der Waals surface area (Å²) in [6, 6.07) is 8.10. The standard InChI is InChI=1S/C15H26N2O/c1-13(17)14-8-7-9-15(12-14)18-11-6-4-2-3-5-10-16/h7-9,12-13H,2-6,10-11,16-17H2,1H3. The van der Waals surface area contributed by atoms with Crippen LogP contribution < -0.4 is 16.2 Å². The summed E-state index contributed by atoms with van der Waals surface area (Å²) >= 11 is 0. The molecule has 0 spiro atoms. The van der Waals surface area contributed by atoms with E-state index in [0.29, 0.717) is 0 Å². The summed E-state index contributed by atoms with van der Waals surface area (Å²) in [6.07, 6.45) is 5.94. The second kappa shape index (κ2) is 8.95. The van der Waals surface area contributed by atoms with Gasteiger partial charge in [0.05, 0.1) is 6.61 Å². The number of hydrogen-bond acceptors (Lipinski definition) is 3. The van der Waals surface area contributed by atoms with Crippen LogP contribution in [0.4, 0.5) is 0 Å². The highest BCUT2D eigenvalue weighted by Crippen LogP contribution is 2.17. The Morgan fingerprint density at radius 3 is 2.56 bits per heavy atom. The molecule has 3 heteroatoms. The van der Waals surface area contributed by atoms with Crippen molar-refractivity contribution in [1.29, 1.82) is 0 Å². The molecule has 1 rings (SSSR count). The Hall–Kier alpha value is -1.06. The van der Waals surface area contributed by atoms with Crippen LogP contribution in [-0.2, 0) is 0 Å². The second-order valence-corrected chi connectivity index (χ2v) is 4.77. The average molecular weight is 250 g/mol. The summed E-state index contributed by atoms with van der Waals surface area (Å²) < 4.78 is 5.72. The number of benzene rings is 1. The van der Waals surface area contributed by atoms with E-state index in [-0.39, 0.29) is 6.04 Å². The zero-order chi connectivity index (χ0) is 13.2. The molecule has 1 aromatic carbocycles. The van der Waals surface area contributed by atoms with Crippen molar-refractivity contribution in [2.45, 2.75) is 45.1 Å². The van der Waals surface area contributed by atoms with Gasteiger partial charge in [0.25, 0.3) is 0 Å². The molecule has 0 bridgehead atoms. The van der Waals surface area contributed by atoms with Crippen molar-refractivity contribution in [3.05, 3.63) is 29.8 Å². The lowest BCUT2D eigenvalue weighted by Crippen LogP contribution is -2.05. The highest BCUT2D eigenvalue weighted by atomic mass is 16.5. The number of rotatable bonds is 9. The van der Waals surface area contributed by atoms with Gasteiger partial charge in [-0.1, -0.05) is 31.4 Å². The van der Waals surface area contributed by atoms with E-state index in [1.165, 1.54) is 19.3 Å². The maximum atomic E-state index is 5.84. The molecular formula is C15H26N2O. The van der Waals surface area contributed by atoms with E-state index in [2.05, 4.69) is 0 Å². The Bertz CT molecular complexity index is 326. The lowest BCUT2D eigenvalue weighted by Gasteiger charge is -2.10. The summed E-state index contributed by atoms with van der Waals surface area (Å²) in [4.78, 5) is 0. The first-order valence-electron chi connectivity index (χ1n) is 6.92. The SMILES string of the molecule is CC(N)c1cccc(OCCCCCCCN)c1. The molecule has 0 aromatic heterocycles. The van der Waals surface area contributed by atoms with E-state index in [4.69, 9.17) is 16.2 Å². The van der Waals surface area contributed by atoms with E-state index in [1.807, 2.05) is 31.2 Å². The summed E-state index contributed by atoms with van der Waals surface area (Å²) in [5.41, 5.74) is 12.4. The Morgan fingerprint density at radius 1 is 1.11 bits per heavy atom. The van der Waals surface area contributed by atoms with Crippen LogP contribution in [-0.4, -0.2) is 13.2 Å². The molecule has 4 N–H and O–H groups in total. The molecule has 0 saturated heterocycles. The molecule has 18 heavy (non-hydrogen) atoms. The normalized spacial score (nSPS) is 12.4. The minimum Gasteiger partial charge on any atom is -0.494 e. The molecule has 0 aliphatic carbocycles. The Kier molecular flexibility index (Phi) is 7.46. The summed E-state index contributed by atoms with van der Waals surface area (Å²) in [5, 5.41) is 0. The van der Waals surface area contributed by atoms with Gasteiger partial charge in [-0.05, 0) is 44.0 Å². The number of ether oxygens (including phenoxy) is 1. The molecule has 0 aliphatic heterocycles. The quantitative estimate of drug-likeness (QED) is 0.662. The lowest BCUT2D eigenvalue weighted by molar-refractivity contribution is 0.304. The molecule has 0 saturated carbocycles. The molecule has 1 aromatic rings. The molecule has 0 fully saturated rings. The summed E-state index contributed by atoms with van der Waals surface area (Å²) in [6.45, 7) is 3.57. The maximum absolute atomic E-state index is 5.84. The smallest absolute Gasteiger partial charge is 0.119 e. The predicted octanol–water partition coefficient (Wildman–Crippen LogP) is 2.99. The van der Waals surface area contributed by atoms with Crippen molar-refractivity contribution in [2.75, 3.05) is 13.2 Å². The van der Waals surface area contributed by atoms with Crippen LogP contribution in [0.5, 0.6) is 5.75 Å². The van der Waals surface area contributed by atoms with Gasteiger partial charge in [-0.2, -0.15) is 0 Å². The first-order chi connectivity index (χ1) is 8.74. The van der Waals surface area contributed by atoms with E-state index < -0.39 is 0 Å². The largest absolute Gasteiger partial charge is 0.494 e. The van der Waals surface area contributed by atoms with Gasteiger partial charge in [0.15, 0.2) is 0 Å². The fraction of sp³-hybridized carbons (Fsp3) is 0.600. The highest BCUT2D eigenvalue weighted by molar-refractivity contribution is 5.30. The van der Waals surface area contributed by atoms with Crippen molar-refractivity contribution in [3.8, 4) is 5.75 Å². The van der Waals surface area contributed by atoms with E-state index >= 15 is 0 Å². The van der Waals surface area contributed by atoms with Crippen LogP contribution in [0.15, 0.2) is 24.3 Å². The fourth-order valence-electron chi connectivity index (χ4n) is 1.85. The zero-order valence-corrected chi connectivity index (χ0v) is 11.4. The van der Waals surface area contributed by atoms with Gasteiger partial charge in [0.2, 0.25) is 0 Å². The third-order valence-corrected chi connectivity index (χ3v) is 3.00. The average Bonchev–Trinajstić information content (AvgIpc) is 2.38. The monoisotopic (exact) mass is 250 g/mol. The van der Waals surface area contributed by atoms with Crippen LogP contribution in [0.3, 0.4) is 0 Å². The van der Waals surface area contributed by atoms with Crippen molar-refractivity contribution < 1.29 is 4.74 Å². The van der Waals surface area contributed by atoms with Crippen molar-refractivity contribution in [1.82, 2.24) is 0 Å². The van der Waals surface area contributed by atoms with Crippen LogP contribution in [0.1, 0.15) is 50.6 Å². The zero-order valence-electron chi connectivity index (χ0n) is 11.4. The molecule has 0 amide bonds. The van der Waals surface area contributed by atoms with Crippen LogP contribution in [0.25, 0.3) is 0 Å². The van der Waals surface area contributed by atoms with E-state index in [0.717, 1.165) is 37.3 Å². The van der Waals surface area contributed by atoms with Gasteiger partial charge < -0.3 is 16.2 Å². The summed E-state index contributed by atoms with van der Waals surface area (Å²) in [5.74, 6) is 0.923. The van der Waals surface area contributed by atoms with Gasteiger partial charge in [-0.15, -0.1) is 0 Å². The number of unbranched alkanes of at least 4 members (excludes halogenated alkanes) is 4. The van der Waals surface area contributed by atoms with Gasteiger partial charge in [-0.3, -0.25) is 0 Å². The molecule has 0 radical (unpaired) electrons. The van der Waals surface area contributed by atoms with Gasteiger partial charge in [0, 0.05) is 6.04 Å². The third-order valence-electron chi connectivity index (χ3n) is 3.00. The van der Waals surface area contributed by atoms with Crippen LogP contribution in [0.2, 0.25) is 0 Å². The van der Waals surface area contributed by atoms with Crippen molar-refractivity contribution in [2.24, 2.45) is 11.5 Å². The third kappa shape index (κ3) is 6.03. The topological polar surface area (TPSA) is 61.3 Å². The Morgan fingerprint density at radius 2 is 1.83 bits per heavy atom. The molecule has 0 heterocycles. The second-order valence-electron chi connectivity index (χ2n) is 4.77. The number of nitrogens with two attached hydrogens (primary N) is 2. The lowest BCUT2D eigenvalue weighted by atomic mass is 10.1. The Labute approximate surface area is 111 Å². The minimum atomic E-state index is 0.0600. The Balaban J connectivity index is 2.17. The van der Waals surface area contributed by atoms with E-state index in [1.54, 1.807) is 0 Å². The number of hydrogen-bond donors (Lipinski definition) is 2. The molecule has 1 unspecified atom stereocenters. The van der Waals surface area contributed by atoms with Crippen molar-refractivity contribution in [3.63, 3.8) is 0 Å². The van der Waals surface area contributed by atoms with E-state index in [9.17, 15) is 0 Å². The molecule has 102 valence electrons. The van der Waals surface area contributed by atoms with Gasteiger partial charge >= 0.3 is 0 Å². The highest BCUT2D eigenvalue weighted by Gasteiger charge is 2.00. The first kappa shape index (κ1) is 15.0.